The van der Waals surface area contributed by atoms with Crippen LogP contribution in [0, 0.1) is 0 Å². The predicted octanol–water partition coefficient (Wildman–Crippen LogP) is 0.106. The molecule has 0 aliphatic rings. The van der Waals surface area contributed by atoms with Crippen molar-refractivity contribution >= 4 is 5.97 Å². The van der Waals surface area contributed by atoms with Crippen LogP contribution in [0.1, 0.15) is 33.1 Å². The number of aliphatic carboxylic acids is 1. The molecule has 0 heterocycles. The third-order valence-corrected chi connectivity index (χ3v) is 1.51. The largest absolute Gasteiger partial charge is 0.542 e. The number of halogens is 3. The molecule has 0 aromatic carbocycles. The Morgan fingerprint density at radius 2 is 1.79 bits per heavy atom. The summed E-state index contributed by atoms with van der Waals surface area (Å²) in [7, 11) is 0. The van der Waals surface area contributed by atoms with Crippen molar-refractivity contribution in [1.82, 2.24) is 0 Å². The fourth-order valence-corrected chi connectivity index (χ4v) is 0.612. The van der Waals surface area contributed by atoms with Crippen molar-refractivity contribution in [2.75, 3.05) is 0 Å². The summed E-state index contributed by atoms with van der Waals surface area (Å²) in [4.78, 5) is 8.78. The van der Waals surface area contributed by atoms with Crippen LogP contribution in [0.15, 0.2) is 0 Å². The first-order chi connectivity index (χ1) is 6.25. The average molecular weight is 215 g/mol. The van der Waals surface area contributed by atoms with Crippen molar-refractivity contribution in [2.24, 2.45) is 0 Å². The molecule has 0 amide bonds. The maximum Gasteiger partial charge on any atom is 0.430 e. The zero-order valence-electron chi connectivity index (χ0n) is 8.36. The highest BCUT2D eigenvalue weighted by Gasteiger charge is 2.28. The molecule has 14 heavy (non-hydrogen) atoms. The molecule has 0 saturated carbocycles. The average Bonchev–Trinajstić information content (AvgIpc) is 2.04. The summed E-state index contributed by atoms with van der Waals surface area (Å²) < 4.78 is 31.5. The fraction of sp³-hybridized carbons (Fsp3) is 0.875. The quantitative estimate of drug-likeness (QED) is 0.725. The summed E-state index contributed by atoms with van der Waals surface area (Å²) in [5.41, 5.74) is 3.95. The lowest BCUT2D eigenvalue weighted by Crippen LogP contribution is -2.60. The number of carboxylic acid groups (broad SMARTS) is 1. The molecule has 0 aromatic heterocycles. The normalized spacial score (nSPS) is 12.7. The van der Waals surface area contributed by atoms with Crippen LogP contribution in [0.4, 0.5) is 13.2 Å². The highest BCUT2D eigenvalue weighted by Crippen LogP contribution is 2.11. The molecule has 6 heteroatoms. The molecule has 0 bridgehead atoms. The van der Waals surface area contributed by atoms with Crippen molar-refractivity contribution in [3.8, 4) is 0 Å². The van der Waals surface area contributed by atoms with Gasteiger partial charge in [0.1, 0.15) is 5.97 Å². The molecule has 0 radical (unpaired) electrons. The predicted molar refractivity (Wildman–Crippen MR) is 42.9 cm³/mol. The van der Waals surface area contributed by atoms with Gasteiger partial charge < -0.3 is 15.6 Å². The van der Waals surface area contributed by atoms with Gasteiger partial charge in [-0.2, -0.15) is 13.2 Å². The Morgan fingerprint density at radius 1 is 1.43 bits per heavy atom. The first-order valence-electron chi connectivity index (χ1n) is 4.36. The van der Waals surface area contributed by atoms with Gasteiger partial charge in [-0.1, -0.05) is 20.3 Å². The van der Waals surface area contributed by atoms with Gasteiger partial charge in [0.25, 0.3) is 0 Å². The van der Waals surface area contributed by atoms with Gasteiger partial charge in [0, 0.05) is 0 Å². The first kappa shape index (κ1) is 15.7. The van der Waals surface area contributed by atoms with Gasteiger partial charge in [0.05, 0.1) is 6.04 Å². The van der Waals surface area contributed by atoms with E-state index in [9.17, 15) is 13.2 Å². The van der Waals surface area contributed by atoms with E-state index in [2.05, 4.69) is 19.6 Å². The molecule has 0 spiro atoms. The minimum absolute atomic E-state index is 0.699. The molecular weight excluding hydrogens is 199 g/mol. The Morgan fingerprint density at radius 3 is 1.86 bits per heavy atom. The second-order valence-corrected chi connectivity index (χ2v) is 2.85. The highest BCUT2D eigenvalue weighted by molar-refractivity contribution is 5.70. The Kier molecular flexibility index (Phi) is 8.52. The lowest BCUT2D eigenvalue weighted by atomic mass is 10.1. The summed E-state index contributed by atoms with van der Waals surface area (Å²) in [5.74, 6) is -3.01. The van der Waals surface area contributed by atoms with E-state index in [1.165, 1.54) is 19.3 Å². The monoisotopic (exact) mass is 215 g/mol. The molecule has 3 N–H and O–H groups in total. The van der Waals surface area contributed by atoms with Crippen LogP contribution < -0.4 is 10.8 Å². The lowest BCUT2D eigenvalue weighted by Gasteiger charge is -2.03. The molecule has 0 aromatic rings. The van der Waals surface area contributed by atoms with Crippen molar-refractivity contribution in [1.29, 1.82) is 0 Å². The Hall–Kier alpha value is -0.780. The van der Waals surface area contributed by atoms with E-state index in [0.717, 1.165) is 0 Å². The fourth-order valence-electron chi connectivity index (χ4n) is 0.612. The van der Waals surface area contributed by atoms with E-state index in [0.29, 0.717) is 6.04 Å². The van der Waals surface area contributed by atoms with E-state index in [1.807, 2.05) is 0 Å². The zero-order chi connectivity index (χ0) is 11.8. The SMILES string of the molecule is CCCC([NH3+])CC.O=C([O-])C(F)(F)F. The Balaban J connectivity index is 0. The number of hydrogen-bond donors (Lipinski definition) is 1. The number of rotatable bonds is 3. The summed E-state index contributed by atoms with van der Waals surface area (Å²) in [6, 6.07) is 0.699. The number of carbonyl (C=O) groups excluding carboxylic acids is 1. The number of carbonyl (C=O) groups is 1. The highest BCUT2D eigenvalue weighted by atomic mass is 19.4. The number of quaternary nitrogens is 1. The van der Waals surface area contributed by atoms with Gasteiger partial charge in [0.15, 0.2) is 0 Å². The van der Waals surface area contributed by atoms with Gasteiger partial charge >= 0.3 is 6.18 Å². The van der Waals surface area contributed by atoms with Gasteiger partial charge in [-0.05, 0) is 12.8 Å². The molecule has 3 nitrogen and oxygen atoms in total. The zero-order valence-corrected chi connectivity index (χ0v) is 8.36. The molecule has 1 atom stereocenters. The Bertz CT molecular complexity index is 159. The van der Waals surface area contributed by atoms with E-state index < -0.39 is 12.1 Å². The van der Waals surface area contributed by atoms with Crippen LogP contribution in [0.5, 0.6) is 0 Å². The van der Waals surface area contributed by atoms with Crippen molar-refractivity contribution in [2.45, 2.75) is 45.3 Å². The van der Waals surface area contributed by atoms with E-state index in [4.69, 9.17) is 9.90 Å². The lowest BCUT2D eigenvalue weighted by molar-refractivity contribution is -0.421. The first-order valence-corrected chi connectivity index (χ1v) is 4.36. The standard InChI is InChI=1S/C6H15N.C2HF3O2/c1-3-5-6(7)4-2;3-2(4,5)1(6)7/h6H,3-5,7H2,1-2H3;(H,6,7). The van der Waals surface area contributed by atoms with E-state index in [-0.39, 0.29) is 0 Å². The molecule has 0 fully saturated rings. The summed E-state index contributed by atoms with van der Waals surface area (Å²) >= 11 is 0. The van der Waals surface area contributed by atoms with E-state index in [1.54, 1.807) is 0 Å². The Labute approximate surface area is 81.1 Å². The molecule has 0 rings (SSSR count). The van der Waals surface area contributed by atoms with Gasteiger partial charge in [-0.25, -0.2) is 0 Å². The second kappa shape index (κ2) is 7.61. The maximum absolute atomic E-state index is 10.5. The van der Waals surface area contributed by atoms with Gasteiger partial charge in [0.2, 0.25) is 0 Å². The van der Waals surface area contributed by atoms with Crippen LogP contribution in [-0.2, 0) is 4.79 Å². The van der Waals surface area contributed by atoms with Crippen LogP contribution in [0.3, 0.4) is 0 Å². The smallest absolute Gasteiger partial charge is 0.430 e. The third kappa shape index (κ3) is 11.2. The summed E-state index contributed by atoms with van der Waals surface area (Å²) in [5, 5.41) is 8.78. The van der Waals surface area contributed by atoms with E-state index >= 15 is 0 Å². The number of carboxylic acids is 1. The molecule has 0 aliphatic carbocycles. The minimum atomic E-state index is -5.19. The van der Waals surface area contributed by atoms with Crippen LogP contribution >= 0.6 is 0 Å². The number of alkyl halides is 3. The molecule has 0 saturated heterocycles. The van der Waals surface area contributed by atoms with Crippen molar-refractivity contribution in [3.05, 3.63) is 0 Å². The topological polar surface area (TPSA) is 67.8 Å². The van der Waals surface area contributed by atoms with Crippen LogP contribution in [0.25, 0.3) is 0 Å². The summed E-state index contributed by atoms with van der Waals surface area (Å²) in [6.45, 7) is 4.39. The summed E-state index contributed by atoms with van der Waals surface area (Å²) in [6.07, 6.45) is -1.40. The molecule has 1 unspecified atom stereocenters. The molecule has 86 valence electrons. The van der Waals surface area contributed by atoms with Crippen molar-refractivity contribution in [3.63, 3.8) is 0 Å². The maximum atomic E-state index is 10.5. The third-order valence-electron chi connectivity index (χ3n) is 1.51. The van der Waals surface area contributed by atoms with Crippen LogP contribution in [-0.4, -0.2) is 18.2 Å². The van der Waals surface area contributed by atoms with Gasteiger partial charge in [-0.3, -0.25) is 0 Å². The number of hydrogen-bond acceptors (Lipinski definition) is 2. The molecular formula is C8H16F3NO2. The minimum Gasteiger partial charge on any atom is -0.542 e. The molecule has 0 aliphatic heterocycles. The van der Waals surface area contributed by atoms with Crippen molar-refractivity contribution < 1.29 is 28.8 Å². The second-order valence-electron chi connectivity index (χ2n) is 2.85. The van der Waals surface area contributed by atoms with Gasteiger partial charge in [-0.15, -0.1) is 0 Å². The van der Waals surface area contributed by atoms with Crippen LogP contribution in [0.2, 0.25) is 0 Å².